The lowest BCUT2D eigenvalue weighted by atomic mass is 10.1. The van der Waals surface area contributed by atoms with Crippen LogP contribution in [0.15, 0.2) is 53.1 Å². The van der Waals surface area contributed by atoms with Crippen LogP contribution in [-0.4, -0.2) is 38.5 Å². The lowest BCUT2D eigenvalue weighted by Crippen LogP contribution is -2.40. The maximum atomic E-state index is 13.0. The normalized spacial score (nSPS) is 11.8. The molecule has 3 rings (SSSR count). The Labute approximate surface area is 178 Å². The molecule has 0 aliphatic heterocycles. The third kappa shape index (κ3) is 4.83. The molecule has 156 valence electrons. The number of hydrogen-bond donors (Lipinski definition) is 0. The molecule has 0 aliphatic rings. The van der Waals surface area contributed by atoms with E-state index in [1.54, 1.807) is 41.3 Å². The second-order valence-corrected chi connectivity index (χ2v) is 7.21. The largest absolute Gasteiger partial charge is 0.339 e. The molecule has 0 bridgehead atoms. The molecular formula is C21H21ClN4O4. The van der Waals surface area contributed by atoms with Crippen molar-refractivity contribution in [1.82, 2.24) is 15.0 Å². The molecule has 0 saturated heterocycles. The van der Waals surface area contributed by atoms with Crippen molar-refractivity contribution in [2.75, 3.05) is 6.54 Å². The molecule has 0 saturated carbocycles. The molecule has 1 amide bonds. The minimum Gasteiger partial charge on any atom is -0.339 e. The van der Waals surface area contributed by atoms with Crippen molar-refractivity contribution in [2.24, 2.45) is 0 Å². The first-order valence-electron chi connectivity index (χ1n) is 9.53. The predicted octanol–water partition coefficient (Wildman–Crippen LogP) is 4.78. The van der Waals surface area contributed by atoms with Crippen molar-refractivity contribution in [3.05, 3.63) is 75.1 Å². The van der Waals surface area contributed by atoms with Crippen LogP contribution in [0.3, 0.4) is 0 Å². The number of amides is 1. The molecule has 1 heterocycles. The van der Waals surface area contributed by atoms with Gasteiger partial charge in [0.2, 0.25) is 11.7 Å². The Morgan fingerprint density at radius 3 is 2.57 bits per heavy atom. The molecule has 0 spiro atoms. The molecule has 2 aromatic carbocycles. The van der Waals surface area contributed by atoms with E-state index in [4.69, 9.17) is 16.1 Å². The first-order chi connectivity index (χ1) is 14.4. The average molecular weight is 429 g/mol. The molecule has 0 radical (unpaired) electrons. The van der Waals surface area contributed by atoms with Gasteiger partial charge in [0, 0.05) is 36.7 Å². The summed E-state index contributed by atoms with van der Waals surface area (Å²) < 4.78 is 5.31. The van der Waals surface area contributed by atoms with Crippen molar-refractivity contribution in [1.29, 1.82) is 0 Å². The molecule has 3 aromatic rings. The zero-order valence-corrected chi connectivity index (χ0v) is 17.4. The molecule has 1 atom stereocenters. The molecule has 30 heavy (non-hydrogen) atoms. The first-order valence-corrected chi connectivity index (χ1v) is 9.91. The number of halogens is 1. The number of non-ortho nitro benzene ring substituents is 1. The van der Waals surface area contributed by atoms with Crippen LogP contribution in [0.25, 0.3) is 11.4 Å². The standard InChI is InChI=1S/C21H21ClN4O4/c1-3-14(2)25(21(27)17-6-4-5-7-18(17)22)13-12-19-23-20(24-30-19)15-8-10-16(11-9-15)26(28)29/h4-11,14H,3,12-13H2,1-2H3/t14-/m1/s1. The minimum absolute atomic E-state index is 0.00540. The number of aromatic nitrogens is 2. The van der Waals surface area contributed by atoms with Crippen LogP contribution < -0.4 is 0 Å². The topological polar surface area (TPSA) is 102 Å². The maximum absolute atomic E-state index is 13.0. The van der Waals surface area contributed by atoms with Gasteiger partial charge in [0.25, 0.3) is 11.6 Å². The van der Waals surface area contributed by atoms with Gasteiger partial charge >= 0.3 is 0 Å². The summed E-state index contributed by atoms with van der Waals surface area (Å²) in [5, 5.41) is 15.1. The minimum atomic E-state index is -0.467. The lowest BCUT2D eigenvalue weighted by Gasteiger charge is -2.28. The van der Waals surface area contributed by atoms with Crippen LogP contribution in [-0.2, 0) is 6.42 Å². The fourth-order valence-electron chi connectivity index (χ4n) is 2.95. The van der Waals surface area contributed by atoms with Crippen molar-refractivity contribution >= 4 is 23.2 Å². The monoisotopic (exact) mass is 428 g/mol. The Morgan fingerprint density at radius 2 is 1.93 bits per heavy atom. The Bertz CT molecular complexity index is 1040. The van der Waals surface area contributed by atoms with E-state index in [1.807, 2.05) is 13.8 Å². The summed E-state index contributed by atoms with van der Waals surface area (Å²) in [4.78, 5) is 29.4. The van der Waals surface area contributed by atoms with Gasteiger partial charge in [0.05, 0.1) is 15.5 Å². The van der Waals surface area contributed by atoms with Crippen LogP contribution in [0.2, 0.25) is 5.02 Å². The number of nitro benzene ring substituents is 1. The lowest BCUT2D eigenvalue weighted by molar-refractivity contribution is -0.384. The van der Waals surface area contributed by atoms with Gasteiger partial charge < -0.3 is 9.42 Å². The average Bonchev–Trinajstić information content (AvgIpc) is 3.23. The fraction of sp³-hybridized carbons (Fsp3) is 0.286. The molecule has 0 aliphatic carbocycles. The highest BCUT2D eigenvalue weighted by Crippen LogP contribution is 2.22. The molecular weight excluding hydrogens is 408 g/mol. The number of carbonyl (C=O) groups excluding carboxylic acids is 1. The van der Waals surface area contributed by atoms with E-state index in [-0.39, 0.29) is 17.6 Å². The highest BCUT2D eigenvalue weighted by atomic mass is 35.5. The van der Waals surface area contributed by atoms with E-state index in [0.29, 0.717) is 40.8 Å². The SMILES string of the molecule is CC[C@@H](C)N(CCc1nc(-c2ccc([N+](=O)[O-])cc2)no1)C(=O)c1ccccc1Cl. The molecule has 0 N–H and O–H groups in total. The predicted molar refractivity (Wildman–Crippen MR) is 112 cm³/mol. The summed E-state index contributed by atoms with van der Waals surface area (Å²) in [5.74, 6) is 0.570. The van der Waals surface area contributed by atoms with E-state index in [0.717, 1.165) is 6.42 Å². The van der Waals surface area contributed by atoms with Gasteiger partial charge in [-0.2, -0.15) is 4.98 Å². The molecule has 0 unspecified atom stereocenters. The molecule has 9 heteroatoms. The van der Waals surface area contributed by atoms with Gasteiger partial charge in [-0.25, -0.2) is 0 Å². The third-order valence-corrected chi connectivity index (χ3v) is 5.19. The summed E-state index contributed by atoms with van der Waals surface area (Å²) in [6.07, 6.45) is 1.16. The van der Waals surface area contributed by atoms with Gasteiger partial charge in [-0.1, -0.05) is 35.8 Å². The van der Waals surface area contributed by atoms with E-state index >= 15 is 0 Å². The summed E-state index contributed by atoms with van der Waals surface area (Å²) >= 11 is 6.20. The van der Waals surface area contributed by atoms with Gasteiger partial charge in [0.15, 0.2) is 0 Å². The van der Waals surface area contributed by atoms with Crippen LogP contribution in [0.1, 0.15) is 36.5 Å². The van der Waals surface area contributed by atoms with Crippen molar-refractivity contribution in [2.45, 2.75) is 32.7 Å². The maximum Gasteiger partial charge on any atom is 0.269 e. The molecule has 1 aromatic heterocycles. The summed E-state index contributed by atoms with van der Waals surface area (Å²) in [7, 11) is 0. The highest BCUT2D eigenvalue weighted by Gasteiger charge is 2.23. The van der Waals surface area contributed by atoms with E-state index in [9.17, 15) is 14.9 Å². The van der Waals surface area contributed by atoms with Crippen LogP contribution in [0, 0.1) is 10.1 Å². The fourth-order valence-corrected chi connectivity index (χ4v) is 3.17. The number of nitrogens with zero attached hydrogens (tertiary/aromatic N) is 4. The highest BCUT2D eigenvalue weighted by molar-refractivity contribution is 6.33. The summed E-state index contributed by atoms with van der Waals surface area (Å²) in [5.41, 5.74) is 1.06. The van der Waals surface area contributed by atoms with Crippen LogP contribution in [0.5, 0.6) is 0 Å². The van der Waals surface area contributed by atoms with Crippen molar-refractivity contribution in [3.8, 4) is 11.4 Å². The molecule has 0 fully saturated rings. The van der Waals surface area contributed by atoms with Gasteiger partial charge in [-0.05, 0) is 37.6 Å². The van der Waals surface area contributed by atoms with Crippen LogP contribution >= 0.6 is 11.6 Å². The zero-order valence-electron chi connectivity index (χ0n) is 16.6. The third-order valence-electron chi connectivity index (χ3n) is 4.86. The Hall–Kier alpha value is -3.26. The number of carbonyl (C=O) groups is 1. The summed E-state index contributed by atoms with van der Waals surface area (Å²) in [6, 6.07) is 12.9. The number of hydrogen-bond acceptors (Lipinski definition) is 6. The zero-order chi connectivity index (χ0) is 21.7. The van der Waals surface area contributed by atoms with E-state index < -0.39 is 4.92 Å². The molecule has 8 nitrogen and oxygen atoms in total. The summed E-state index contributed by atoms with van der Waals surface area (Å²) in [6.45, 7) is 4.38. The van der Waals surface area contributed by atoms with E-state index in [1.165, 1.54) is 12.1 Å². The Morgan fingerprint density at radius 1 is 1.23 bits per heavy atom. The second kappa shape index (κ2) is 9.49. The number of nitro groups is 1. The van der Waals surface area contributed by atoms with Gasteiger partial charge in [0.1, 0.15) is 0 Å². The number of rotatable bonds is 8. The van der Waals surface area contributed by atoms with E-state index in [2.05, 4.69) is 10.1 Å². The van der Waals surface area contributed by atoms with Crippen molar-refractivity contribution < 1.29 is 14.2 Å². The van der Waals surface area contributed by atoms with Gasteiger partial charge in [-0.15, -0.1) is 0 Å². The second-order valence-electron chi connectivity index (χ2n) is 6.80. The quantitative estimate of drug-likeness (QED) is 0.377. The van der Waals surface area contributed by atoms with Crippen molar-refractivity contribution in [3.63, 3.8) is 0 Å². The van der Waals surface area contributed by atoms with Crippen LogP contribution in [0.4, 0.5) is 5.69 Å². The Kier molecular flexibility index (Phi) is 6.79. The first kappa shape index (κ1) is 21.4. The number of benzene rings is 2. The Balaban J connectivity index is 1.73. The van der Waals surface area contributed by atoms with Gasteiger partial charge in [-0.3, -0.25) is 14.9 Å². The smallest absolute Gasteiger partial charge is 0.269 e.